The summed E-state index contributed by atoms with van der Waals surface area (Å²) in [5.41, 5.74) is 2.83. The molecule has 1 amide bonds. The Balaban J connectivity index is 1.30. The average Bonchev–Trinajstić information content (AvgIpc) is 2.84. The van der Waals surface area contributed by atoms with E-state index in [9.17, 15) is 4.79 Å². The van der Waals surface area contributed by atoms with Gasteiger partial charge in [0.15, 0.2) is 12.4 Å². The highest BCUT2D eigenvalue weighted by Crippen LogP contribution is 2.22. The van der Waals surface area contributed by atoms with Crippen LogP contribution in [0.3, 0.4) is 0 Å². The van der Waals surface area contributed by atoms with Crippen LogP contribution in [0.1, 0.15) is 5.56 Å². The number of carbonyl (C=O) groups is 1. The van der Waals surface area contributed by atoms with E-state index < -0.39 is 0 Å². The molecular formula is C24H26N4O3. The first kappa shape index (κ1) is 20.7. The SMILES string of the molecule is COc1ccc(-c2ccc(N3CCN(C(=O)COc4ccccc4C)CC3)nn2)cc1. The molecule has 1 aliphatic rings. The minimum absolute atomic E-state index is 0.00356. The summed E-state index contributed by atoms with van der Waals surface area (Å²) in [6, 6.07) is 19.4. The molecular weight excluding hydrogens is 392 g/mol. The summed E-state index contributed by atoms with van der Waals surface area (Å²) >= 11 is 0. The van der Waals surface area contributed by atoms with Crippen LogP contribution in [0.2, 0.25) is 0 Å². The third-order valence-electron chi connectivity index (χ3n) is 5.44. The molecule has 1 aromatic heterocycles. The standard InChI is InChI=1S/C24H26N4O3/c1-18-5-3-4-6-22(18)31-17-24(29)28-15-13-27(14-16-28)23-12-11-21(25-26-23)19-7-9-20(30-2)10-8-19/h3-12H,13-17H2,1-2H3. The van der Waals surface area contributed by atoms with Gasteiger partial charge >= 0.3 is 0 Å². The van der Waals surface area contributed by atoms with Crippen LogP contribution in [0.4, 0.5) is 5.82 Å². The van der Waals surface area contributed by atoms with Crippen LogP contribution in [0.25, 0.3) is 11.3 Å². The summed E-state index contributed by atoms with van der Waals surface area (Å²) in [6.45, 7) is 4.73. The number of carbonyl (C=O) groups excluding carboxylic acids is 1. The van der Waals surface area contributed by atoms with Crippen LogP contribution in [0, 0.1) is 6.92 Å². The average molecular weight is 418 g/mol. The van der Waals surface area contributed by atoms with Crippen molar-refractivity contribution in [2.75, 3.05) is 44.8 Å². The van der Waals surface area contributed by atoms with Crippen LogP contribution < -0.4 is 14.4 Å². The number of methoxy groups -OCH3 is 1. The van der Waals surface area contributed by atoms with Gasteiger partial charge in [-0.1, -0.05) is 18.2 Å². The van der Waals surface area contributed by atoms with Crippen LogP contribution in [0.15, 0.2) is 60.7 Å². The first-order valence-corrected chi connectivity index (χ1v) is 10.3. The number of piperazine rings is 1. The molecule has 0 spiro atoms. The van der Waals surface area contributed by atoms with Crippen molar-refractivity contribution in [2.24, 2.45) is 0 Å². The second-order valence-electron chi connectivity index (χ2n) is 7.43. The molecule has 0 bridgehead atoms. The van der Waals surface area contributed by atoms with E-state index in [1.165, 1.54) is 0 Å². The fourth-order valence-corrected chi connectivity index (χ4v) is 3.54. The molecule has 0 aliphatic carbocycles. The number of benzene rings is 2. The van der Waals surface area contributed by atoms with Crippen molar-refractivity contribution in [1.82, 2.24) is 15.1 Å². The molecule has 0 atom stereocenters. The van der Waals surface area contributed by atoms with Crippen LogP contribution in [-0.4, -0.2) is 60.9 Å². The van der Waals surface area contributed by atoms with E-state index in [1.54, 1.807) is 7.11 Å². The van der Waals surface area contributed by atoms with Gasteiger partial charge in [0.25, 0.3) is 5.91 Å². The highest BCUT2D eigenvalue weighted by molar-refractivity contribution is 5.78. The third-order valence-corrected chi connectivity index (χ3v) is 5.44. The minimum atomic E-state index is 0.00356. The van der Waals surface area contributed by atoms with E-state index in [2.05, 4.69) is 15.1 Å². The van der Waals surface area contributed by atoms with Crippen molar-refractivity contribution in [3.63, 3.8) is 0 Å². The van der Waals surface area contributed by atoms with Gasteiger partial charge in [-0.15, -0.1) is 10.2 Å². The third kappa shape index (κ3) is 4.94. The number of rotatable bonds is 6. The zero-order valence-electron chi connectivity index (χ0n) is 17.8. The highest BCUT2D eigenvalue weighted by atomic mass is 16.5. The van der Waals surface area contributed by atoms with Crippen molar-refractivity contribution >= 4 is 11.7 Å². The summed E-state index contributed by atoms with van der Waals surface area (Å²) in [7, 11) is 1.65. The number of amides is 1. The molecule has 1 fully saturated rings. The summed E-state index contributed by atoms with van der Waals surface area (Å²) in [6.07, 6.45) is 0. The largest absolute Gasteiger partial charge is 0.497 e. The van der Waals surface area contributed by atoms with Gasteiger partial charge in [0, 0.05) is 31.7 Å². The Morgan fingerprint density at radius 2 is 1.68 bits per heavy atom. The van der Waals surface area contributed by atoms with Crippen LogP contribution in [-0.2, 0) is 4.79 Å². The summed E-state index contributed by atoms with van der Waals surface area (Å²) < 4.78 is 10.9. The Bertz CT molecular complexity index is 1010. The predicted molar refractivity (Wildman–Crippen MR) is 119 cm³/mol. The monoisotopic (exact) mass is 418 g/mol. The first-order chi connectivity index (χ1) is 15.1. The van der Waals surface area contributed by atoms with Crippen molar-refractivity contribution in [1.29, 1.82) is 0 Å². The second kappa shape index (κ2) is 9.47. The zero-order valence-corrected chi connectivity index (χ0v) is 17.8. The maximum absolute atomic E-state index is 12.5. The smallest absolute Gasteiger partial charge is 0.260 e. The molecule has 31 heavy (non-hydrogen) atoms. The lowest BCUT2D eigenvalue weighted by molar-refractivity contribution is -0.133. The maximum Gasteiger partial charge on any atom is 0.260 e. The Labute approximate surface area is 182 Å². The molecule has 3 aromatic rings. The van der Waals surface area contributed by atoms with Gasteiger partial charge in [-0.3, -0.25) is 4.79 Å². The zero-order chi connectivity index (χ0) is 21.6. The number of nitrogens with zero attached hydrogens (tertiary/aromatic N) is 4. The van der Waals surface area contributed by atoms with Gasteiger partial charge in [0.1, 0.15) is 11.5 Å². The normalized spacial score (nSPS) is 13.7. The number of hydrogen-bond donors (Lipinski definition) is 0. The lowest BCUT2D eigenvalue weighted by Gasteiger charge is -2.35. The quantitative estimate of drug-likeness (QED) is 0.613. The summed E-state index contributed by atoms with van der Waals surface area (Å²) in [5.74, 6) is 2.39. The van der Waals surface area contributed by atoms with E-state index in [0.717, 1.165) is 34.1 Å². The molecule has 0 radical (unpaired) electrons. The topological polar surface area (TPSA) is 67.8 Å². The second-order valence-corrected chi connectivity index (χ2v) is 7.43. The van der Waals surface area contributed by atoms with Crippen LogP contribution >= 0.6 is 0 Å². The molecule has 4 rings (SSSR count). The molecule has 7 nitrogen and oxygen atoms in total. The van der Waals surface area contributed by atoms with Gasteiger partial charge in [-0.25, -0.2) is 0 Å². The fourth-order valence-electron chi connectivity index (χ4n) is 3.54. The molecule has 0 saturated carbocycles. The van der Waals surface area contributed by atoms with Gasteiger partial charge in [-0.05, 0) is 55.0 Å². The predicted octanol–water partition coefficient (Wildman–Crippen LogP) is 3.19. The number of hydrogen-bond acceptors (Lipinski definition) is 6. The van der Waals surface area contributed by atoms with Gasteiger partial charge in [0.2, 0.25) is 0 Å². The number of aromatic nitrogens is 2. The molecule has 2 heterocycles. The Hall–Kier alpha value is -3.61. The molecule has 0 N–H and O–H groups in total. The van der Waals surface area contributed by atoms with Crippen molar-refractivity contribution in [3.8, 4) is 22.8 Å². The van der Waals surface area contributed by atoms with Gasteiger partial charge < -0.3 is 19.3 Å². The lowest BCUT2D eigenvalue weighted by Crippen LogP contribution is -2.50. The van der Waals surface area contributed by atoms with E-state index in [4.69, 9.17) is 9.47 Å². The molecule has 7 heteroatoms. The molecule has 2 aromatic carbocycles. The summed E-state index contributed by atoms with van der Waals surface area (Å²) in [5, 5.41) is 8.77. The highest BCUT2D eigenvalue weighted by Gasteiger charge is 2.22. The minimum Gasteiger partial charge on any atom is -0.497 e. The van der Waals surface area contributed by atoms with Crippen molar-refractivity contribution in [3.05, 3.63) is 66.2 Å². The first-order valence-electron chi connectivity index (χ1n) is 10.3. The molecule has 0 unspecified atom stereocenters. The van der Waals surface area contributed by atoms with E-state index in [-0.39, 0.29) is 12.5 Å². The van der Waals surface area contributed by atoms with Crippen molar-refractivity contribution < 1.29 is 14.3 Å². The Kier molecular flexibility index (Phi) is 6.31. The van der Waals surface area contributed by atoms with E-state index in [1.807, 2.05) is 72.5 Å². The molecule has 1 saturated heterocycles. The number of para-hydroxylation sites is 1. The van der Waals surface area contributed by atoms with Crippen LogP contribution in [0.5, 0.6) is 11.5 Å². The number of aryl methyl sites for hydroxylation is 1. The van der Waals surface area contributed by atoms with E-state index >= 15 is 0 Å². The van der Waals surface area contributed by atoms with Crippen molar-refractivity contribution in [2.45, 2.75) is 6.92 Å². The fraction of sp³-hybridized carbons (Fsp3) is 0.292. The van der Waals surface area contributed by atoms with E-state index in [0.29, 0.717) is 26.2 Å². The number of anilines is 1. The Morgan fingerprint density at radius 3 is 2.32 bits per heavy atom. The van der Waals surface area contributed by atoms with Gasteiger partial charge in [0.05, 0.1) is 12.8 Å². The van der Waals surface area contributed by atoms with Gasteiger partial charge in [-0.2, -0.15) is 0 Å². The lowest BCUT2D eigenvalue weighted by atomic mass is 10.1. The molecule has 1 aliphatic heterocycles. The Morgan fingerprint density at radius 1 is 0.935 bits per heavy atom. The molecule has 160 valence electrons. The maximum atomic E-state index is 12.5. The number of ether oxygens (including phenoxy) is 2. The summed E-state index contributed by atoms with van der Waals surface area (Å²) in [4.78, 5) is 16.5.